The Morgan fingerprint density at radius 1 is 1.21 bits per heavy atom. The predicted octanol–water partition coefficient (Wildman–Crippen LogP) is 2.23. The lowest BCUT2D eigenvalue weighted by Gasteiger charge is -2.01. The minimum Gasteiger partial charge on any atom is -0.296 e. The highest BCUT2D eigenvalue weighted by Crippen LogP contribution is 2.26. The summed E-state index contributed by atoms with van der Waals surface area (Å²) in [5.41, 5.74) is 2.21. The summed E-state index contributed by atoms with van der Waals surface area (Å²) in [4.78, 5) is 20.5. The molecule has 0 spiro atoms. The van der Waals surface area contributed by atoms with Crippen molar-refractivity contribution in [1.82, 2.24) is 29.9 Å². The first-order valence-electron chi connectivity index (χ1n) is 7.06. The lowest BCUT2D eigenvalue weighted by Crippen LogP contribution is -2.14. The molecule has 0 unspecified atom stereocenters. The van der Waals surface area contributed by atoms with Crippen molar-refractivity contribution in [3.8, 4) is 5.82 Å². The lowest BCUT2D eigenvalue weighted by atomic mass is 10.2. The molecule has 0 radical (unpaired) electrons. The van der Waals surface area contributed by atoms with Crippen molar-refractivity contribution in [3.05, 3.63) is 54.2 Å². The number of hydrogen-bond donors (Lipinski definition) is 1. The first kappa shape index (κ1) is 14.4. The Morgan fingerprint density at radius 3 is 2.88 bits per heavy atom. The second-order valence-corrected chi connectivity index (χ2v) is 6.09. The summed E-state index contributed by atoms with van der Waals surface area (Å²) in [6, 6.07) is 9.19. The Morgan fingerprint density at radius 2 is 2.12 bits per heavy atom. The number of thiazole rings is 1. The molecule has 0 saturated heterocycles. The average molecular weight is 337 g/mol. The van der Waals surface area contributed by atoms with E-state index < -0.39 is 0 Å². The van der Waals surface area contributed by atoms with Crippen LogP contribution in [0, 0.1) is 6.92 Å². The van der Waals surface area contributed by atoms with E-state index in [1.807, 2.05) is 25.1 Å². The number of aryl methyl sites for hydroxylation is 1. The van der Waals surface area contributed by atoms with Gasteiger partial charge in [0.25, 0.3) is 5.91 Å². The van der Waals surface area contributed by atoms with E-state index in [9.17, 15) is 4.79 Å². The van der Waals surface area contributed by atoms with Crippen LogP contribution in [-0.4, -0.2) is 35.9 Å². The molecule has 0 saturated carbocycles. The Bertz CT molecular complexity index is 1010. The minimum atomic E-state index is -0.358. The van der Waals surface area contributed by atoms with Crippen molar-refractivity contribution in [2.75, 3.05) is 5.32 Å². The Kier molecular flexibility index (Phi) is 3.47. The van der Waals surface area contributed by atoms with Gasteiger partial charge in [0.05, 0.1) is 10.2 Å². The average Bonchev–Trinajstić information content (AvgIpc) is 3.23. The monoisotopic (exact) mass is 337 g/mol. The first-order chi connectivity index (χ1) is 11.7. The van der Waals surface area contributed by atoms with Crippen LogP contribution in [0.2, 0.25) is 0 Å². The van der Waals surface area contributed by atoms with Crippen LogP contribution in [0.3, 0.4) is 0 Å². The molecule has 8 nitrogen and oxygen atoms in total. The fraction of sp³-hybridized carbons (Fsp3) is 0.0667. The summed E-state index contributed by atoms with van der Waals surface area (Å²) in [5.74, 6) is 0.128. The molecule has 9 heteroatoms. The molecule has 4 aromatic rings. The molecule has 0 aliphatic carbocycles. The molecule has 1 N–H and O–H groups in total. The molecule has 0 fully saturated rings. The van der Waals surface area contributed by atoms with Gasteiger partial charge in [0, 0.05) is 0 Å². The molecule has 3 aromatic heterocycles. The highest BCUT2D eigenvalue weighted by atomic mass is 32.1. The van der Waals surface area contributed by atoms with Gasteiger partial charge in [0.1, 0.15) is 12.7 Å². The molecule has 3 heterocycles. The molecule has 0 aliphatic heterocycles. The fourth-order valence-electron chi connectivity index (χ4n) is 2.14. The van der Waals surface area contributed by atoms with Gasteiger partial charge in [-0.1, -0.05) is 17.4 Å². The summed E-state index contributed by atoms with van der Waals surface area (Å²) in [7, 11) is 0. The minimum absolute atomic E-state index is 0.203. The largest absolute Gasteiger partial charge is 0.296 e. The van der Waals surface area contributed by atoms with Crippen LogP contribution in [0.1, 0.15) is 16.1 Å². The summed E-state index contributed by atoms with van der Waals surface area (Å²) in [5, 5.41) is 15.1. The number of hydrogen-bond acceptors (Lipinski definition) is 7. The van der Waals surface area contributed by atoms with Gasteiger partial charge < -0.3 is 0 Å². The number of aromatic nitrogens is 6. The van der Waals surface area contributed by atoms with Gasteiger partial charge in [-0.2, -0.15) is 5.10 Å². The summed E-state index contributed by atoms with van der Waals surface area (Å²) >= 11 is 1.42. The number of carbonyl (C=O) groups excluding carboxylic acids is 1. The van der Waals surface area contributed by atoms with Crippen LogP contribution in [0.25, 0.3) is 16.0 Å². The van der Waals surface area contributed by atoms with Gasteiger partial charge in [-0.25, -0.2) is 14.6 Å². The van der Waals surface area contributed by atoms with Crippen LogP contribution in [-0.2, 0) is 0 Å². The second kappa shape index (κ2) is 5.78. The van der Waals surface area contributed by atoms with Gasteiger partial charge in [-0.3, -0.25) is 10.1 Å². The molecular weight excluding hydrogens is 326 g/mol. The van der Waals surface area contributed by atoms with E-state index in [1.54, 1.807) is 12.1 Å². The van der Waals surface area contributed by atoms with Crippen molar-refractivity contribution in [3.63, 3.8) is 0 Å². The molecule has 4 rings (SSSR count). The van der Waals surface area contributed by atoms with Gasteiger partial charge in [0.2, 0.25) is 0 Å². The zero-order valence-corrected chi connectivity index (χ0v) is 13.4. The zero-order chi connectivity index (χ0) is 16.5. The maximum Gasteiger partial charge on any atom is 0.277 e. The van der Waals surface area contributed by atoms with Crippen molar-refractivity contribution in [2.45, 2.75) is 6.92 Å². The molecule has 1 aromatic carbocycles. The molecule has 0 aliphatic rings. The van der Waals surface area contributed by atoms with Gasteiger partial charge in [-0.15, -0.1) is 10.2 Å². The molecule has 24 heavy (non-hydrogen) atoms. The summed E-state index contributed by atoms with van der Waals surface area (Å²) in [6.45, 7) is 2.02. The summed E-state index contributed by atoms with van der Waals surface area (Å²) in [6.07, 6.45) is 2.91. The SMILES string of the molecule is Cc1ccc2nc(NC(=O)c3ccc(-n4cncn4)nn3)sc2c1. The molecular formula is C15H11N7OS. The lowest BCUT2D eigenvalue weighted by molar-refractivity contribution is 0.102. The maximum absolute atomic E-state index is 12.3. The highest BCUT2D eigenvalue weighted by Gasteiger charge is 2.12. The van der Waals surface area contributed by atoms with E-state index in [4.69, 9.17) is 0 Å². The highest BCUT2D eigenvalue weighted by molar-refractivity contribution is 7.22. The zero-order valence-electron chi connectivity index (χ0n) is 12.5. The van der Waals surface area contributed by atoms with E-state index in [-0.39, 0.29) is 11.6 Å². The Hall–Kier alpha value is -3.20. The number of carbonyl (C=O) groups is 1. The molecule has 1 amide bonds. The number of nitrogens with zero attached hydrogens (tertiary/aromatic N) is 6. The first-order valence-corrected chi connectivity index (χ1v) is 7.88. The number of benzene rings is 1. The third-order valence-corrected chi connectivity index (χ3v) is 4.23. The van der Waals surface area contributed by atoms with Crippen LogP contribution in [0.5, 0.6) is 0 Å². The Balaban J connectivity index is 1.54. The van der Waals surface area contributed by atoms with Crippen molar-refractivity contribution >= 4 is 32.6 Å². The number of amides is 1. The second-order valence-electron chi connectivity index (χ2n) is 5.06. The third kappa shape index (κ3) is 2.72. The normalized spacial score (nSPS) is 10.9. The molecule has 0 atom stereocenters. The van der Waals surface area contributed by atoms with Crippen molar-refractivity contribution in [1.29, 1.82) is 0 Å². The smallest absolute Gasteiger partial charge is 0.277 e. The van der Waals surface area contributed by atoms with Crippen LogP contribution >= 0.6 is 11.3 Å². The predicted molar refractivity (Wildman–Crippen MR) is 89.3 cm³/mol. The van der Waals surface area contributed by atoms with Crippen LogP contribution < -0.4 is 5.32 Å². The van der Waals surface area contributed by atoms with E-state index in [0.29, 0.717) is 10.9 Å². The van der Waals surface area contributed by atoms with E-state index >= 15 is 0 Å². The maximum atomic E-state index is 12.3. The third-order valence-electron chi connectivity index (χ3n) is 3.30. The Labute approximate surface area is 140 Å². The van der Waals surface area contributed by atoms with Crippen molar-refractivity contribution < 1.29 is 4.79 Å². The summed E-state index contributed by atoms with van der Waals surface area (Å²) < 4.78 is 2.49. The molecule has 0 bridgehead atoms. The van der Waals surface area contributed by atoms with E-state index in [0.717, 1.165) is 15.8 Å². The van der Waals surface area contributed by atoms with Crippen LogP contribution in [0.4, 0.5) is 5.13 Å². The fourth-order valence-corrected chi connectivity index (χ4v) is 3.10. The van der Waals surface area contributed by atoms with E-state index in [1.165, 1.54) is 28.7 Å². The van der Waals surface area contributed by atoms with Gasteiger partial charge in [0.15, 0.2) is 16.6 Å². The van der Waals surface area contributed by atoms with Gasteiger partial charge >= 0.3 is 0 Å². The molecule has 118 valence electrons. The van der Waals surface area contributed by atoms with Crippen molar-refractivity contribution in [2.24, 2.45) is 0 Å². The standard InChI is InChI=1S/C15H11N7OS/c1-9-2-3-10-12(6-9)24-15(18-10)19-14(23)11-4-5-13(21-20-11)22-8-16-7-17-22/h2-8H,1H3,(H,18,19,23). The number of anilines is 1. The quantitative estimate of drug-likeness (QED) is 0.615. The van der Waals surface area contributed by atoms with E-state index in [2.05, 4.69) is 30.6 Å². The number of fused-ring (bicyclic) bond motifs is 1. The van der Waals surface area contributed by atoms with Gasteiger partial charge in [-0.05, 0) is 36.8 Å². The van der Waals surface area contributed by atoms with Crippen LogP contribution in [0.15, 0.2) is 43.0 Å². The number of rotatable bonds is 3. The topological polar surface area (TPSA) is 98.5 Å². The number of nitrogens with one attached hydrogen (secondary N) is 1.